The predicted molar refractivity (Wildman–Crippen MR) is 89.2 cm³/mol. The normalized spacial score (nSPS) is 26.3. The summed E-state index contributed by atoms with van der Waals surface area (Å²) < 4.78 is 11.0. The molecule has 0 spiro atoms. The molecule has 130 valence electrons. The first kappa shape index (κ1) is 14.9. The quantitative estimate of drug-likeness (QED) is 0.837. The molecule has 2 aliphatic carbocycles. The third-order valence-corrected chi connectivity index (χ3v) is 5.46. The molecule has 2 saturated carbocycles. The Balaban J connectivity index is 1.54. The summed E-state index contributed by atoms with van der Waals surface area (Å²) in [4.78, 5) is 19.4. The van der Waals surface area contributed by atoms with Crippen LogP contribution in [0.25, 0.3) is 0 Å². The zero-order valence-corrected chi connectivity index (χ0v) is 14.2. The Hall–Kier alpha value is -2.37. The van der Waals surface area contributed by atoms with Gasteiger partial charge in [0.25, 0.3) is 0 Å². The van der Waals surface area contributed by atoms with E-state index in [1.165, 1.54) is 0 Å². The SMILES string of the molecule is COc1cccc(C2C(c3nc(C4CC4)no3)CC(=O)N2C2CC2)c1. The molecule has 2 heterocycles. The molecule has 1 aromatic heterocycles. The van der Waals surface area contributed by atoms with Crippen LogP contribution < -0.4 is 4.74 Å². The van der Waals surface area contributed by atoms with Crippen molar-refractivity contribution in [3.8, 4) is 5.75 Å². The van der Waals surface area contributed by atoms with Crippen LogP contribution in [-0.2, 0) is 4.79 Å². The summed E-state index contributed by atoms with van der Waals surface area (Å²) in [7, 11) is 1.66. The van der Waals surface area contributed by atoms with Crippen molar-refractivity contribution in [2.45, 2.75) is 56.0 Å². The predicted octanol–water partition coefficient (Wildman–Crippen LogP) is 3.18. The lowest BCUT2D eigenvalue weighted by Crippen LogP contribution is -2.30. The zero-order chi connectivity index (χ0) is 17.0. The topological polar surface area (TPSA) is 68.5 Å². The maximum Gasteiger partial charge on any atom is 0.232 e. The van der Waals surface area contributed by atoms with E-state index in [1.54, 1.807) is 7.11 Å². The molecule has 5 rings (SSSR count). The fourth-order valence-corrected chi connectivity index (χ4v) is 3.88. The number of methoxy groups -OCH3 is 1. The molecular weight excluding hydrogens is 318 g/mol. The molecule has 6 heteroatoms. The van der Waals surface area contributed by atoms with Crippen LogP contribution >= 0.6 is 0 Å². The number of benzene rings is 1. The smallest absolute Gasteiger partial charge is 0.232 e. The summed E-state index contributed by atoms with van der Waals surface area (Å²) >= 11 is 0. The van der Waals surface area contributed by atoms with Gasteiger partial charge in [-0.1, -0.05) is 17.3 Å². The monoisotopic (exact) mass is 339 g/mol. The van der Waals surface area contributed by atoms with E-state index in [-0.39, 0.29) is 17.9 Å². The highest BCUT2D eigenvalue weighted by molar-refractivity contribution is 5.81. The third kappa shape index (κ3) is 2.60. The number of hydrogen-bond acceptors (Lipinski definition) is 5. The summed E-state index contributed by atoms with van der Waals surface area (Å²) in [5.41, 5.74) is 1.08. The first-order chi connectivity index (χ1) is 12.2. The molecular formula is C19H21N3O3. The minimum atomic E-state index is -0.0831. The number of hydrogen-bond donors (Lipinski definition) is 0. The van der Waals surface area contributed by atoms with E-state index < -0.39 is 0 Å². The highest BCUT2D eigenvalue weighted by atomic mass is 16.5. The van der Waals surface area contributed by atoms with Crippen molar-refractivity contribution in [2.24, 2.45) is 0 Å². The van der Waals surface area contributed by atoms with Crippen molar-refractivity contribution in [3.63, 3.8) is 0 Å². The van der Waals surface area contributed by atoms with E-state index in [4.69, 9.17) is 9.26 Å². The summed E-state index contributed by atoms with van der Waals surface area (Å²) in [6.45, 7) is 0. The molecule has 25 heavy (non-hydrogen) atoms. The van der Waals surface area contributed by atoms with Gasteiger partial charge in [-0.25, -0.2) is 0 Å². The maximum absolute atomic E-state index is 12.7. The van der Waals surface area contributed by atoms with Crippen molar-refractivity contribution in [1.82, 2.24) is 15.0 Å². The van der Waals surface area contributed by atoms with Crippen molar-refractivity contribution < 1.29 is 14.1 Å². The molecule has 2 unspecified atom stereocenters. The van der Waals surface area contributed by atoms with Crippen LogP contribution in [-0.4, -0.2) is 34.1 Å². The average molecular weight is 339 g/mol. The number of likely N-dealkylation sites (tertiary alicyclic amines) is 1. The van der Waals surface area contributed by atoms with E-state index in [1.807, 2.05) is 23.1 Å². The van der Waals surface area contributed by atoms with Gasteiger partial charge in [-0.15, -0.1) is 0 Å². The minimum absolute atomic E-state index is 0.0531. The molecule has 1 aliphatic heterocycles. The average Bonchev–Trinajstić information content (AvgIpc) is 3.57. The molecule has 3 fully saturated rings. The van der Waals surface area contributed by atoms with Crippen molar-refractivity contribution in [1.29, 1.82) is 0 Å². The Morgan fingerprint density at radius 2 is 2.08 bits per heavy atom. The Bertz CT molecular complexity index is 810. The molecule has 0 radical (unpaired) electrons. The number of rotatable bonds is 5. The van der Waals surface area contributed by atoms with Gasteiger partial charge in [-0.3, -0.25) is 4.79 Å². The fourth-order valence-electron chi connectivity index (χ4n) is 3.88. The second kappa shape index (κ2) is 5.58. The Kier molecular flexibility index (Phi) is 3.33. The molecule has 1 amide bonds. The lowest BCUT2D eigenvalue weighted by atomic mass is 9.93. The number of carbonyl (C=O) groups excluding carboxylic acids is 1. The molecule has 0 bridgehead atoms. The van der Waals surface area contributed by atoms with E-state index in [0.717, 1.165) is 42.8 Å². The zero-order valence-electron chi connectivity index (χ0n) is 14.2. The molecule has 6 nitrogen and oxygen atoms in total. The van der Waals surface area contributed by atoms with Crippen LogP contribution in [0.1, 0.15) is 67.3 Å². The summed E-state index contributed by atoms with van der Waals surface area (Å²) in [5, 5.41) is 4.15. The number of nitrogens with zero attached hydrogens (tertiary/aromatic N) is 3. The summed E-state index contributed by atoms with van der Waals surface area (Å²) in [6, 6.07) is 8.27. The Labute approximate surface area is 146 Å². The lowest BCUT2D eigenvalue weighted by Gasteiger charge is -2.27. The van der Waals surface area contributed by atoms with Crippen molar-refractivity contribution >= 4 is 5.91 Å². The number of amides is 1. The van der Waals surface area contributed by atoms with Crippen molar-refractivity contribution in [3.05, 3.63) is 41.5 Å². The van der Waals surface area contributed by atoms with Crippen LogP contribution in [0.5, 0.6) is 5.75 Å². The van der Waals surface area contributed by atoms with Crippen LogP contribution in [0.4, 0.5) is 0 Å². The van der Waals surface area contributed by atoms with Crippen molar-refractivity contribution in [2.75, 3.05) is 7.11 Å². The van der Waals surface area contributed by atoms with Crippen LogP contribution in [0.15, 0.2) is 28.8 Å². The molecule has 0 N–H and O–H groups in total. The molecule has 1 saturated heterocycles. The van der Waals surface area contributed by atoms with Gasteiger partial charge in [0, 0.05) is 18.4 Å². The number of ether oxygens (including phenoxy) is 1. The lowest BCUT2D eigenvalue weighted by molar-refractivity contribution is -0.129. The highest BCUT2D eigenvalue weighted by Crippen LogP contribution is 2.49. The van der Waals surface area contributed by atoms with Gasteiger partial charge in [0.2, 0.25) is 11.8 Å². The van der Waals surface area contributed by atoms with E-state index in [2.05, 4.69) is 16.2 Å². The second-order valence-corrected chi connectivity index (χ2v) is 7.33. The standard InChI is InChI=1S/C19H21N3O3/c1-24-14-4-2-3-12(9-14)17-15(10-16(23)22(17)13-7-8-13)19-20-18(21-25-19)11-5-6-11/h2-4,9,11,13,15,17H,5-8,10H2,1H3. The Morgan fingerprint density at radius 1 is 1.24 bits per heavy atom. The molecule has 2 aromatic rings. The number of aromatic nitrogens is 2. The minimum Gasteiger partial charge on any atom is -0.497 e. The van der Waals surface area contributed by atoms with Gasteiger partial charge in [-0.05, 0) is 43.4 Å². The molecule has 3 aliphatic rings. The van der Waals surface area contributed by atoms with Gasteiger partial charge < -0.3 is 14.2 Å². The number of carbonyl (C=O) groups is 1. The third-order valence-electron chi connectivity index (χ3n) is 5.46. The van der Waals surface area contributed by atoms with Gasteiger partial charge in [0.05, 0.1) is 19.1 Å². The largest absolute Gasteiger partial charge is 0.497 e. The van der Waals surface area contributed by atoms with Crippen LogP contribution in [0, 0.1) is 0 Å². The highest BCUT2D eigenvalue weighted by Gasteiger charge is 2.50. The summed E-state index contributed by atoms with van der Waals surface area (Å²) in [5.74, 6) is 2.76. The van der Waals surface area contributed by atoms with Gasteiger partial charge >= 0.3 is 0 Å². The maximum atomic E-state index is 12.7. The van der Waals surface area contributed by atoms with E-state index in [9.17, 15) is 4.79 Å². The summed E-state index contributed by atoms with van der Waals surface area (Å²) in [6.07, 6.45) is 4.86. The Morgan fingerprint density at radius 3 is 2.80 bits per heavy atom. The first-order valence-electron chi connectivity index (χ1n) is 9.03. The molecule has 2 atom stereocenters. The van der Waals surface area contributed by atoms with Gasteiger partial charge in [0.15, 0.2) is 5.82 Å². The molecule has 1 aromatic carbocycles. The van der Waals surface area contributed by atoms with Crippen LogP contribution in [0.2, 0.25) is 0 Å². The van der Waals surface area contributed by atoms with Crippen LogP contribution in [0.3, 0.4) is 0 Å². The van der Waals surface area contributed by atoms with Gasteiger partial charge in [0.1, 0.15) is 5.75 Å². The van der Waals surface area contributed by atoms with E-state index in [0.29, 0.717) is 24.3 Å². The first-order valence-corrected chi connectivity index (χ1v) is 9.03. The fraction of sp³-hybridized carbons (Fsp3) is 0.526. The second-order valence-electron chi connectivity index (χ2n) is 7.33. The van der Waals surface area contributed by atoms with E-state index >= 15 is 0 Å². The van der Waals surface area contributed by atoms with Gasteiger partial charge in [-0.2, -0.15) is 4.98 Å².